The van der Waals surface area contributed by atoms with E-state index >= 15 is 0 Å². The molecule has 3 fully saturated rings. The quantitative estimate of drug-likeness (QED) is 0.223. The van der Waals surface area contributed by atoms with E-state index in [1.807, 2.05) is 13.8 Å². The van der Waals surface area contributed by atoms with Gasteiger partial charge in [0, 0.05) is 18.4 Å². The Balaban J connectivity index is 1.58. The van der Waals surface area contributed by atoms with Crippen LogP contribution >= 0.6 is 0 Å². The highest BCUT2D eigenvalue weighted by atomic mass is 16.5. The SMILES string of the molecule is CCCCOC(C)(C)[C@H](O)[C@@H](O)C[C@@H](C)C1=C2C[C@H](O)[C@H]3[C@@]4(C)CCC(=O)C(C)(C)[C@@H]4CC[C@]3(C)[C@@]2(C)CC1. The minimum Gasteiger partial charge on any atom is -0.392 e. The van der Waals surface area contributed by atoms with E-state index in [1.54, 1.807) is 0 Å². The second-order valence-electron chi connectivity index (χ2n) is 15.7. The predicted octanol–water partition coefficient (Wildman–Crippen LogP) is 6.62. The Labute approximate surface area is 238 Å². The highest BCUT2D eigenvalue weighted by Gasteiger charge is 2.69. The molecule has 5 heteroatoms. The van der Waals surface area contributed by atoms with Crippen molar-refractivity contribution in [2.75, 3.05) is 6.61 Å². The molecule has 5 nitrogen and oxygen atoms in total. The molecule has 224 valence electrons. The van der Waals surface area contributed by atoms with E-state index < -0.39 is 23.9 Å². The lowest BCUT2D eigenvalue weighted by atomic mass is 9.36. The second kappa shape index (κ2) is 10.5. The van der Waals surface area contributed by atoms with Gasteiger partial charge < -0.3 is 20.1 Å². The summed E-state index contributed by atoms with van der Waals surface area (Å²) in [6, 6.07) is 0. The Kier molecular flexibility index (Phi) is 8.40. The average molecular weight is 547 g/mol. The number of carbonyl (C=O) groups excluding carboxylic acids is 1. The van der Waals surface area contributed by atoms with Gasteiger partial charge in [0.15, 0.2) is 0 Å². The molecule has 0 heterocycles. The fourth-order valence-electron chi connectivity index (χ4n) is 10.3. The lowest BCUT2D eigenvalue weighted by Gasteiger charge is -2.69. The summed E-state index contributed by atoms with van der Waals surface area (Å²) < 4.78 is 5.95. The molecule has 0 aromatic heterocycles. The molecule has 0 aromatic rings. The average Bonchev–Trinajstić information content (AvgIpc) is 3.19. The number of aliphatic hydroxyl groups excluding tert-OH is 3. The van der Waals surface area contributed by atoms with Crippen molar-refractivity contribution < 1.29 is 24.9 Å². The molecular formula is C34H58O5. The normalized spacial score (nSPS) is 40.5. The molecule has 0 radical (unpaired) electrons. The van der Waals surface area contributed by atoms with Crippen molar-refractivity contribution in [3.63, 3.8) is 0 Å². The first kappa shape index (κ1) is 31.2. The van der Waals surface area contributed by atoms with Gasteiger partial charge in [-0.1, -0.05) is 66.0 Å². The first-order chi connectivity index (χ1) is 18.0. The van der Waals surface area contributed by atoms with Crippen LogP contribution in [0.15, 0.2) is 11.1 Å². The molecule has 0 aliphatic heterocycles. The van der Waals surface area contributed by atoms with Crippen LogP contribution in [0, 0.1) is 39.4 Å². The van der Waals surface area contributed by atoms with Crippen LogP contribution in [0.4, 0.5) is 0 Å². The molecule has 0 amide bonds. The summed E-state index contributed by atoms with van der Waals surface area (Å²) in [6.07, 6.45) is 6.56. The summed E-state index contributed by atoms with van der Waals surface area (Å²) in [4.78, 5) is 12.9. The molecule has 3 N–H and O–H groups in total. The van der Waals surface area contributed by atoms with E-state index in [-0.39, 0.29) is 33.5 Å². The van der Waals surface area contributed by atoms with E-state index in [4.69, 9.17) is 4.74 Å². The highest BCUT2D eigenvalue weighted by Crippen LogP contribution is 2.74. The van der Waals surface area contributed by atoms with E-state index in [2.05, 4.69) is 48.5 Å². The fourth-order valence-corrected chi connectivity index (χ4v) is 10.3. The number of aliphatic hydroxyl groups is 3. The van der Waals surface area contributed by atoms with Crippen LogP contribution in [0.25, 0.3) is 0 Å². The molecule has 0 bridgehead atoms. The first-order valence-electron chi connectivity index (χ1n) is 15.9. The number of carbonyl (C=O) groups is 1. The van der Waals surface area contributed by atoms with Gasteiger partial charge in [-0.25, -0.2) is 0 Å². The largest absolute Gasteiger partial charge is 0.392 e. The maximum Gasteiger partial charge on any atom is 0.138 e. The van der Waals surface area contributed by atoms with Crippen molar-refractivity contribution in [3.05, 3.63) is 11.1 Å². The van der Waals surface area contributed by atoms with Gasteiger partial charge in [0.1, 0.15) is 11.9 Å². The van der Waals surface area contributed by atoms with Crippen LogP contribution in [0.5, 0.6) is 0 Å². The standard InChI is InChI=1S/C34H58O5/c1-10-11-18-39-31(5,6)29(38)25(36)19-21(2)22-12-16-33(8)23(22)20-24(35)28-32(7)15-14-27(37)30(3,4)26(32)13-17-34(28,33)9/h21,24-26,28-29,35-36,38H,10-20H2,1-9H3/t21-,24+,25+,26+,28+,29-,32+,33+,34+/m1/s1. The summed E-state index contributed by atoms with van der Waals surface area (Å²) in [6.45, 7) is 20.2. The number of ketones is 1. The predicted molar refractivity (Wildman–Crippen MR) is 156 cm³/mol. The maximum absolute atomic E-state index is 12.9. The Bertz CT molecular complexity index is 967. The number of Topliss-reactive ketones (excluding diaryl/α,β-unsaturated/α-hetero) is 1. The van der Waals surface area contributed by atoms with Gasteiger partial charge in [-0.15, -0.1) is 0 Å². The third-order valence-corrected chi connectivity index (χ3v) is 12.9. The number of hydrogen-bond acceptors (Lipinski definition) is 5. The topological polar surface area (TPSA) is 87.0 Å². The van der Waals surface area contributed by atoms with Crippen LogP contribution in [-0.4, -0.2) is 51.6 Å². The molecule has 9 atom stereocenters. The molecule has 0 aromatic carbocycles. The van der Waals surface area contributed by atoms with Gasteiger partial charge in [-0.05, 0) is 99.2 Å². The first-order valence-corrected chi connectivity index (χ1v) is 15.9. The Hall–Kier alpha value is -0.750. The number of allylic oxidation sites excluding steroid dienone is 1. The fraction of sp³-hybridized carbons (Fsp3) is 0.912. The monoisotopic (exact) mass is 546 g/mol. The Morgan fingerprint density at radius 1 is 1.05 bits per heavy atom. The molecule has 39 heavy (non-hydrogen) atoms. The summed E-state index contributed by atoms with van der Waals surface area (Å²) in [7, 11) is 0. The zero-order chi connectivity index (χ0) is 29.2. The van der Waals surface area contributed by atoms with Crippen LogP contribution < -0.4 is 0 Å². The molecule has 0 saturated heterocycles. The molecular weight excluding hydrogens is 488 g/mol. The zero-order valence-electron chi connectivity index (χ0n) is 26.4. The zero-order valence-corrected chi connectivity index (χ0v) is 26.4. The summed E-state index contributed by atoms with van der Waals surface area (Å²) >= 11 is 0. The van der Waals surface area contributed by atoms with Crippen LogP contribution in [0.3, 0.4) is 0 Å². The number of fused-ring (bicyclic) bond motifs is 5. The molecule has 0 spiro atoms. The molecule has 0 unspecified atom stereocenters. The number of ether oxygens (including phenoxy) is 1. The van der Waals surface area contributed by atoms with E-state index in [0.29, 0.717) is 37.6 Å². The highest BCUT2D eigenvalue weighted by molar-refractivity contribution is 5.85. The Morgan fingerprint density at radius 3 is 2.36 bits per heavy atom. The smallest absolute Gasteiger partial charge is 0.138 e. The van der Waals surface area contributed by atoms with Gasteiger partial charge in [0.2, 0.25) is 0 Å². The van der Waals surface area contributed by atoms with Crippen molar-refractivity contribution in [2.24, 2.45) is 39.4 Å². The van der Waals surface area contributed by atoms with Crippen LogP contribution in [0.1, 0.15) is 127 Å². The van der Waals surface area contributed by atoms with Crippen molar-refractivity contribution in [2.45, 2.75) is 150 Å². The van der Waals surface area contributed by atoms with Crippen molar-refractivity contribution >= 4 is 5.78 Å². The maximum atomic E-state index is 12.9. The molecule has 4 aliphatic rings. The minimum absolute atomic E-state index is 0.00612. The third-order valence-electron chi connectivity index (χ3n) is 12.9. The van der Waals surface area contributed by atoms with Crippen molar-refractivity contribution in [1.29, 1.82) is 0 Å². The lowest BCUT2D eigenvalue weighted by molar-refractivity contribution is -0.208. The lowest BCUT2D eigenvalue weighted by Crippen LogP contribution is -2.65. The van der Waals surface area contributed by atoms with E-state index in [1.165, 1.54) is 11.1 Å². The molecule has 4 aliphatic carbocycles. The van der Waals surface area contributed by atoms with Crippen molar-refractivity contribution in [1.82, 2.24) is 0 Å². The van der Waals surface area contributed by atoms with Gasteiger partial charge in [0.05, 0.1) is 17.8 Å². The van der Waals surface area contributed by atoms with Gasteiger partial charge >= 0.3 is 0 Å². The van der Waals surface area contributed by atoms with E-state index in [9.17, 15) is 20.1 Å². The summed E-state index contributed by atoms with van der Waals surface area (Å²) in [5.41, 5.74) is 1.60. The van der Waals surface area contributed by atoms with Gasteiger partial charge in [-0.2, -0.15) is 0 Å². The number of unbranched alkanes of at least 4 members (excludes halogenated alkanes) is 1. The molecule has 3 saturated carbocycles. The van der Waals surface area contributed by atoms with E-state index in [0.717, 1.165) is 44.9 Å². The third kappa shape index (κ3) is 4.79. The van der Waals surface area contributed by atoms with Gasteiger partial charge in [-0.3, -0.25) is 4.79 Å². The van der Waals surface area contributed by atoms with Gasteiger partial charge in [0.25, 0.3) is 0 Å². The van der Waals surface area contributed by atoms with Crippen LogP contribution in [-0.2, 0) is 9.53 Å². The molecule has 4 rings (SSSR count). The number of rotatable bonds is 9. The van der Waals surface area contributed by atoms with Crippen LogP contribution in [0.2, 0.25) is 0 Å². The summed E-state index contributed by atoms with van der Waals surface area (Å²) in [5.74, 6) is 1.01. The second-order valence-corrected chi connectivity index (χ2v) is 15.7. The Morgan fingerprint density at radius 2 is 1.72 bits per heavy atom. The summed E-state index contributed by atoms with van der Waals surface area (Å²) in [5, 5.41) is 34.0. The minimum atomic E-state index is -0.957. The van der Waals surface area contributed by atoms with Crippen molar-refractivity contribution in [3.8, 4) is 0 Å². The number of hydrogen-bond donors (Lipinski definition) is 3.